The van der Waals surface area contributed by atoms with Crippen molar-refractivity contribution in [2.24, 2.45) is 5.92 Å². The summed E-state index contributed by atoms with van der Waals surface area (Å²) in [4.78, 5) is 14.6. The molecule has 1 amide bonds. The van der Waals surface area contributed by atoms with Crippen LogP contribution in [0.1, 0.15) is 18.6 Å². The fourth-order valence-electron chi connectivity index (χ4n) is 3.17. The van der Waals surface area contributed by atoms with Gasteiger partial charge in [0.1, 0.15) is 5.76 Å². The molecule has 0 radical (unpaired) electrons. The Balaban J connectivity index is 1.46. The highest BCUT2D eigenvalue weighted by molar-refractivity contribution is 6.30. The molecule has 8 heteroatoms. The number of carbonyl (C=O) groups is 1. The lowest BCUT2D eigenvalue weighted by molar-refractivity contribution is -0.125. The van der Waals surface area contributed by atoms with Crippen molar-refractivity contribution < 1.29 is 9.21 Å². The Kier molecular flexibility index (Phi) is 4.31. The summed E-state index contributed by atoms with van der Waals surface area (Å²) >= 11 is 6.09. The number of nitrogens with zero attached hydrogens (tertiary/aromatic N) is 4. The minimum absolute atomic E-state index is 0.0351. The van der Waals surface area contributed by atoms with E-state index in [1.54, 1.807) is 18.5 Å². The molecule has 0 spiro atoms. The van der Waals surface area contributed by atoms with Crippen molar-refractivity contribution in [1.29, 1.82) is 0 Å². The first-order chi connectivity index (χ1) is 12.2. The number of halogens is 1. The summed E-state index contributed by atoms with van der Waals surface area (Å²) in [7, 11) is 0. The van der Waals surface area contributed by atoms with Crippen LogP contribution in [0.5, 0.6) is 0 Å². The van der Waals surface area contributed by atoms with Crippen LogP contribution >= 0.6 is 11.6 Å². The summed E-state index contributed by atoms with van der Waals surface area (Å²) in [6, 6.07) is 7.28. The standard InChI is InChI=1S/C17H18ClN5O2/c18-13-5-6-15-20-21-17(23(15)11-13)22-7-1-3-12(10-22)16(24)19-9-14-4-2-8-25-14/h2,4-6,8,11-12H,1,3,7,9-10H2,(H,19,24)/t12-/m0/s1. The molecule has 7 nitrogen and oxygen atoms in total. The largest absolute Gasteiger partial charge is 0.467 e. The molecule has 3 aromatic rings. The number of aromatic nitrogens is 3. The number of pyridine rings is 1. The van der Waals surface area contributed by atoms with Crippen molar-refractivity contribution in [2.75, 3.05) is 18.0 Å². The summed E-state index contributed by atoms with van der Waals surface area (Å²) in [5.41, 5.74) is 0.740. The molecule has 1 aliphatic heterocycles. The summed E-state index contributed by atoms with van der Waals surface area (Å²) in [5, 5.41) is 12.0. The second kappa shape index (κ2) is 6.76. The van der Waals surface area contributed by atoms with Crippen LogP contribution in [0.15, 0.2) is 41.1 Å². The highest BCUT2D eigenvalue weighted by atomic mass is 35.5. The number of furan rings is 1. The molecule has 3 aromatic heterocycles. The van der Waals surface area contributed by atoms with Gasteiger partial charge in [-0.1, -0.05) is 11.6 Å². The smallest absolute Gasteiger partial charge is 0.231 e. The molecule has 0 aliphatic carbocycles. The zero-order valence-electron chi connectivity index (χ0n) is 13.6. The molecule has 1 fully saturated rings. The quantitative estimate of drug-likeness (QED) is 0.774. The summed E-state index contributed by atoms with van der Waals surface area (Å²) in [5.74, 6) is 1.42. The number of anilines is 1. The average Bonchev–Trinajstić information content (AvgIpc) is 3.29. The molecule has 0 bridgehead atoms. The summed E-state index contributed by atoms with van der Waals surface area (Å²) in [6.45, 7) is 1.86. The first kappa shape index (κ1) is 16.0. The zero-order chi connectivity index (χ0) is 17.2. The van der Waals surface area contributed by atoms with Gasteiger partial charge < -0.3 is 14.6 Å². The normalized spacial score (nSPS) is 17.8. The Morgan fingerprint density at radius 2 is 2.28 bits per heavy atom. The molecule has 1 atom stereocenters. The van der Waals surface area contributed by atoms with Crippen LogP contribution in [0, 0.1) is 5.92 Å². The first-order valence-electron chi connectivity index (χ1n) is 8.26. The SMILES string of the molecule is O=C(NCc1ccco1)[C@H]1CCCN(c2nnc3ccc(Cl)cn23)C1. The van der Waals surface area contributed by atoms with Gasteiger partial charge in [-0.3, -0.25) is 9.20 Å². The molecule has 1 aliphatic rings. The van der Waals surface area contributed by atoms with Gasteiger partial charge in [0.2, 0.25) is 11.9 Å². The van der Waals surface area contributed by atoms with Crippen LogP contribution in [-0.4, -0.2) is 33.6 Å². The molecule has 0 saturated carbocycles. The highest BCUT2D eigenvalue weighted by Crippen LogP contribution is 2.23. The van der Waals surface area contributed by atoms with Crippen LogP contribution < -0.4 is 10.2 Å². The molecule has 1 saturated heterocycles. The minimum atomic E-state index is -0.0877. The van der Waals surface area contributed by atoms with Gasteiger partial charge >= 0.3 is 0 Å². The first-order valence-corrected chi connectivity index (χ1v) is 8.64. The van der Waals surface area contributed by atoms with Crippen LogP contribution in [0.25, 0.3) is 5.65 Å². The van der Waals surface area contributed by atoms with Gasteiger partial charge in [0.25, 0.3) is 0 Å². The lowest BCUT2D eigenvalue weighted by Gasteiger charge is -2.31. The Morgan fingerprint density at radius 1 is 1.36 bits per heavy atom. The molecule has 130 valence electrons. The van der Waals surface area contributed by atoms with Crippen molar-refractivity contribution in [2.45, 2.75) is 19.4 Å². The van der Waals surface area contributed by atoms with Crippen LogP contribution in [0.4, 0.5) is 5.95 Å². The van der Waals surface area contributed by atoms with Crippen molar-refractivity contribution in [3.05, 3.63) is 47.5 Å². The number of hydrogen-bond donors (Lipinski definition) is 1. The maximum atomic E-state index is 12.5. The van der Waals surface area contributed by atoms with E-state index >= 15 is 0 Å². The van der Waals surface area contributed by atoms with Gasteiger partial charge in [-0.2, -0.15) is 0 Å². The van der Waals surface area contributed by atoms with Crippen molar-refractivity contribution in [3.63, 3.8) is 0 Å². The molecule has 0 unspecified atom stereocenters. The Hall–Kier alpha value is -2.54. The van der Waals surface area contributed by atoms with Crippen molar-refractivity contribution in [3.8, 4) is 0 Å². The predicted octanol–water partition coefficient (Wildman–Crippen LogP) is 2.51. The van der Waals surface area contributed by atoms with Gasteiger partial charge in [-0.15, -0.1) is 10.2 Å². The maximum Gasteiger partial charge on any atom is 0.231 e. The minimum Gasteiger partial charge on any atom is -0.467 e. The van der Waals surface area contributed by atoms with Crippen molar-refractivity contribution >= 4 is 29.1 Å². The maximum absolute atomic E-state index is 12.5. The molecular weight excluding hydrogens is 342 g/mol. The van der Waals surface area contributed by atoms with Gasteiger partial charge in [0.05, 0.1) is 23.7 Å². The summed E-state index contributed by atoms with van der Waals surface area (Å²) in [6.07, 6.45) is 5.19. The van der Waals surface area contributed by atoms with E-state index in [-0.39, 0.29) is 11.8 Å². The Labute approximate surface area is 149 Å². The Morgan fingerprint density at radius 3 is 3.12 bits per heavy atom. The number of carbonyl (C=O) groups excluding carboxylic acids is 1. The topological polar surface area (TPSA) is 75.7 Å². The van der Waals surface area contributed by atoms with Crippen LogP contribution in [0.3, 0.4) is 0 Å². The molecule has 0 aromatic carbocycles. The molecule has 4 rings (SSSR count). The second-order valence-corrected chi connectivity index (χ2v) is 6.59. The fraction of sp³-hybridized carbons (Fsp3) is 0.353. The van der Waals surface area contributed by atoms with Gasteiger partial charge in [-0.05, 0) is 37.1 Å². The number of amides is 1. The summed E-state index contributed by atoms with van der Waals surface area (Å²) < 4.78 is 7.12. The lowest BCUT2D eigenvalue weighted by atomic mass is 9.97. The lowest BCUT2D eigenvalue weighted by Crippen LogP contribution is -2.43. The Bertz CT molecular complexity index is 876. The average molecular weight is 360 g/mol. The molecule has 4 heterocycles. The highest BCUT2D eigenvalue weighted by Gasteiger charge is 2.28. The van der Waals surface area contributed by atoms with E-state index in [1.807, 2.05) is 22.6 Å². The number of nitrogens with one attached hydrogen (secondary N) is 1. The monoisotopic (exact) mass is 359 g/mol. The van der Waals surface area contributed by atoms with E-state index < -0.39 is 0 Å². The van der Waals surface area contributed by atoms with Crippen molar-refractivity contribution in [1.82, 2.24) is 19.9 Å². The van der Waals surface area contributed by atoms with Gasteiger partial charge in [0.15, 0.2) is 5.65 Å². The number of rotatable bonds is 4. The van der Waals surface area contributed by atoms with E-state index in [9.17, 15) is 4.79 Å². The second-order valence-electron chi connectivity index (χ2n) is 6.16. The van der Waals surface area contributed by atoms with E-state index in [2.05, 4.69) is 20.4 Å². The van der Waals surface area contributed by atoms with E-state index in [0.29, 0.717) is 18.1 Å². The molecule has 25 heavy (non-hydrogen) atoms. The number of hydrogen-bond acceptors (Lipinski definition) is 5. The third-order valence-electron chi connectivity index (χ3n) is 4.44. The van der Waals surface area contributed by atoms with Gasteiger partial charge in [-0.25, -0.2) is 0 Å². The fourth-order valence-corrected chi connectivity index (χ4v) is 3.33. The number of piperidine rings is 1. The number of fused-ring (bicyclic) bond motifs is 1. The van der Waals surface area contributed by atoms with Crippen LogP contribution in [-0.2, 0) is 11.3 Å². The zero-order valence-corrected chi connectivity index (χ0v) is 14.3. The predicted molar refractivity (Wildman–Crippen MR) is 93.5 cm³/mol. The van der Waals surface area contributed by atoms with E-state index in [0.717, 1.165) is 36.7 Å². The third kappa shape index (κ3) is 3.32. The van der Waals surface area contributed by atoms with E-state index in [4.69, 9.17) is 16.0 Å². The third-order valence-corrected chi connectivity index (χ3v) is 4.66. The van der Waals surface area contributed by atoms with Crippen LogP contribution in [0.2, 0.25) is 5.02 Å². The molecular formula is C17H18ClN5O2. The molecule has 1 N–H and O–H groups in total. The van der Waals surface area contributed by atoms with E-state index in [1.165, 1.54) is 0 Å². The van der Waals surface area contributed by atoms with Gasteiger partial charge in [0, 0.05) is 19.3 Å².